The summed E-state index contributed by atoms with van der Waals surface area (Å²) in [4.78, 5) is 93.9. The van der Waals surface area contributed by atoms with Gasteiger partial charge < -0.3 is 36.8 Å². The molecule has 43 heavy (non-hydrogen) atoms. The number of carboxylic acid groups (broad SMARTS) is 1. The third-order valence-corrected chi connectivity index (χ3v) is 5.45. The lowest BCUT2D eigenvalue weighted by atomic mass is 10.1. The van der Waals surface area contributed by atoms with Gasteiger partial charge in [0.05, 0.1) is 30.1 Å². The number of rotatable bonds is 19. The molecule has 18 nitrogen and oxygen atoms in total. The second kappa shape index (κ2) is 19.0. The number of unbranched alkanes of at least 4 members (excludes halogenated alkanes) is 1. The Labute approximate surface area is 244 Å². The van der Waals surface area contributed by atoms with Gasteiger partial charge in [-0.3, -0.25) is 38.9 Å². The van der Waals surface area contributed by atoms with E-state index in [2.05, 4.69) is 26.4 Å². The maximum Gasteiger partial charge on any atom is 0.322 e. The number of nitrogens with zero attached hydrogens (tertiary/aromatic N) is 2. The van der Waals surface area contributed by atoms with Gasteiger partial charge in [-0.25, -0.2) is 0 Å². The number of carbonyl (C=O) groups is 6. The standard InChI is InChI=1S/C25H33N7O11/c1-2-43-19-10-9-15(32(41)42)12-16(19)23(37)29-18(7-5-8-20(33)31-40)25(39)30-17(6-3-4-11-26)24(38)28-13-21(34)27-14-22(35)36/h5,7,9-10,12,17-18H,2-4,6,8,11,13-14,26H2,1H3,(H,27,34)(H,28,38)(H,29,37)(H,30,39)(H,35,36). The summed E-state index contributed by atoms with van der Waals surface area (Å²) >= 11 is 0. The molecular formula is C25H33N7O11. The number of hydrogen-bond acceptors (Lipinski definition) is 11. The van der Waals surface area contributed by atoms with Crippen LogP contribution in [0.15, 0.2) is 35.5 Å². The predicted molar refractivity (Wildman–Crippen MR) is 149 cm³/mol. The molecule has 7 N–H and O–H groups in total. The van der Waals surface area contributed by atoms with Crippen LogP contribution in [0.3, 0.4) is 0 Å². The van der Waals surface area contributed by atoms with Crippen LogP contribution in [0.25, 0.3) is 0 Å². The Morgan fingerprint density at radius 1 is 1.09 bits per heavy atom. The first kappa shape index (κ1) is 35.8. The van der Waals surface area contributed by atoms with Gasteiger partial charge in [-0.15, -0.1) is 4.91 Å². The Balaban J connectivity index is 3.23. The lowest BCUT2D eigenvalue weighted by molar-refractivity contribution is -0.384. The van der Waals surface area contributed by atoms with Crippen molar-refractivity contribution in [3.05, 3.63) is 50.9 Å². The highest BCUT2D eigenvalue weighted by molar-refractivity contribution is 6.01. The number of nitrogens with two attached hydrogens (primary N) is 1. The second-order valence-electron chi connectivity index (χ2n) is 8.67. The van der Waals surface area contributed by atoms with Crippen LogP contribution in [-0.2, 0) is 24.0 Å². The third kappa shape index (κ3) is 13.3. The molecular weight excluding hydrogens is 574 g/mol. The molecule has 234 valence electrons. The molecule has 18 heteroatoms. The first-order valence-corrected chi connectivity index (χ1v) is 12.9. The Morgan fingerprint density at radius 3 is 2.42 bits per heavy atom. The molecule has 0 fully saturated rings. The molecule has 0 heterocycles. The molecule has 0 saturated heterocycles. The van der Waals surface area contributed by atoms with Gasteiger partial charge in [0, 0.05) is 17.3 Å². The third-order valence-electron chi connectivity index (χ3n) is 5.45. The van der Waals surface area contributed by atoms with E-state index in [1.54, 1.807) is 6.92 Å². The maximum absolute atomic E-state index is 13.3. The second-order valence-corrected chi connectivity index (χ2v) is 8.67. The van der Waals surface area contributed by atoms with Crippen molar-refractivity contribution in [2.75, 3.05) is 26.2 Å². The number of nitro benzene ring substituents is 1. The average molecular weight is 608 g/mol. The van der Waals surface area contributed by atoms with Crippen LogP contribution in [0.1, 0.15) is 43.0 Å². The Morgan fingerprint density at radius 2 is 1.81 bits per heavy atom. The van der Waals surface area contributed by atoms with E-state index in [0.717, 1.165) is 24.3 Å². The molecule has 0 aliphatic rings. The molecule has 0 spiro atoms. The van der Waals surface area contributed by atoms with E-state index in [-0.39, 0.29) is 30.9 Å². The van der Waals surface area contributed by atoms with E-state index >= 15 is 0 Å². The molecule has 0 saturated carbocycles. The summed E-state index contributed by atoms with van der Waals surface area (Å²) in [7, 11) is 0. The molecule has 1 aromatic carbocycles. The summed E-state index contributed by atoms with van der Waals surface area (Å²) in [5, 5.41) is 31.3. The van der Waals surface area contributed by atoms with Crippen molar-refractivity contribution in [2.45, 2.75) is 44.7 Å². The topological polar surface area (TPSA) is 279 Å². The fourth-order valence-corrected chi connectivity index (χ4v) is 3.40. The number of aliphatic carboxylic acids is 1. The molecule has 1 rings (SSSR count). The highest BCUT2D eigenvalue weighted by atomic mass is 16.6. The molecule has 0 aliphatic heterocycles. The van der Waals surface area contributed by atoms with Crippen molar-refractivity contribution in [3.8, 4) is 5.75 Å². The molecule has 2 atom stereocenters. The highest BCUT2D eigenvalue weighted by Gasteiger charge is 2.27. The van der Waals surface area contributed by atoms with Crippen molar-refractivity contribution in [2.24, 2.45) is 10.9 Å². The van der Waals surface area contributed by atoms with Gasteiger partial charge in [-0.1, -0.05) is 12.2 Å². The van der Waals surface area contributed by atoms with Gasteiger partial charge in [0.15, 0.2) is 0 Å². The average Bonchev–Trinajstić information content (AvgIpc) is 2.97. The van der Waals surface area contributed by atoms with Crippen LogP contribution < -0.4 is 31.7 Å². The van der Waals surface area contributed by atoms with Crippen molar-refractivity contribution >= 4 is 41.2 Å². The summed E-state index contributed by atoms with van der Waals surface area (Å²) in [5.41, 5.74) is 4.79. The number of hydrogen-bond donors (Lipinski definition) is 6. The van der Waals surface area contributed by atoms with Gasteiger partial charge in [0.25, 0.3) is 17.5 Å². The number of amides is 5. The van der Waals surface area contributed by atoms with Crippen LogP contribution in [-0.4, -0.2) is 83.9 Å². The summed E-state index contributed by atoms with van der Waals surface area (Å²) in [5.74, 6) is -5.92. The van der Waals surface area contributed by atoms with Gasteiger partial charge in [-0.2, -0.15) is 0 Å². The zero-order valence-corrected chi connectivity index (χ0v) is 23.2. The van der Waals surface area contributed by atoms with E-state index in [1.165, 1.54) is 6.07 Å². The smallest absolute Gasteiger partial charge is 0.322 e. The zero-order chi connectivity index (χ0) is 32.4. The molecule has 5 amide bonds. The predicted octanol–water partition coefficient (Wildman–Crippen LogP) is -0.738. The van der Waals surface area contributed by atoms with Gasteiger partial charge in [0.1, 0.15) is 24.4 Å². The minimum atomic E-state index is -1.57. The van der Waals surface area contributed by atoms with Crippen LogP contribution in [0.2, 0.25) is 0 Å². The van der Waals surface area contributed by atoms with E-state index in [0.29, 0.717) is 12.8 Å². The largest absolute Gasteiger partial charge is 0.493 e. The minimum absolute atomic E-state index is 0.0192. The SMILES string of the molecule is CCOc1ccc([N+](=O)[O-])cc1C(=O)NC(C=CCC(=O)N=O)C(=O)NC(CCCCN)C(=O)NCC(=O)NCC(=O)O. The lowest BCUT2D eigenvalue weighted by Crippen LogP contribution is -2.54. The van der Waals surface area contributed by atoms with E-state index < -0.39 is 77.7 Å². The van der Waals surface area contributed by atoms with E-state index in [1.807, 2.05) is 0 Å². The van der Waals surface area contributed by atoms with Crippen molar-refractivity contribution in [1.82, 2.24) is 21.3 Å². The molecule has 0 radical (unpaired) electrons. The number of ether oxygens (including phenoxy) is 1. The fourth-order valence-electron chi connectivity index (χ4n) is 3.40. The monoisotopic (exact) mass is 607 g/mol. The molecule has 0 aromatic heterocycles. The number of carboxylic acids is 1. The van der Waals surface area contributed by atoms with Gasteiger partial charge in [0.2, 0.25) is 17.7 Å². The normalized spacial score (nSPS) is 12.0. The van der Waals surface area contributed by atoms with Crippen LogP contribution in [0.4, 0.5) is 5.69 Å². The van der Waals surface area contributed by atoms with Crippen LogP contribution in [0.5, 0.6) is 5.75 Å². The highest BCUT2D eigenvalue weighted by Crippen LogP contribution is 2.24. The molecule has 1 aromatic rings. The molecule has 0 aliphatic carbocycles. The Bertz CT molecular complexity index is 1240. The molecule has 0 bridgehead atoms. The first-order chi connectivity index (χ1) is 20.4. The number of nitroso groups, excluding NO2 is 1. The zero-order valence-electron chi connectivity index (χ0n) is 23.2. The number of nitrogens with one attached hydrogen (secondary N) is 4. The summed E-state index contributed by atoms with van der Waals surface area (Å²) in [6.45, 7) is 0.744. The van der Waals surface area contributed by atoms with E-state index in [9.17, 15) is 43.8 Å². The van der Waals surface area contributed by atoms with Crippen molar-refractivity contribution in [1.29, 1.82) is 0 Å². The quantitative estimate of drug-likeness (QED) is 0.0373. The van der Waals surface area contributed by atoms with Gasteiger partial charge in [-0.05, 0) is 38.8 Å². The number of non-ortho nitro benzene ring substituents is 1. The van der Waals surface area contributed by atoms with Crippen LogP contribution in [0, 0.1) is 15.0 Å². The molecule has 2 unspecified atom stereocenters. The number of carbonyl (C=O) groups excluding carboxylic acids is 5. The van der Waals surface area contributed by atoms with Gasteiger partial charge >= 0.3 is 5.97 Å². The summed E-state index contributed by atoms with van der Waals surface area (Å²) in [6, 6.07) is 0.465. The number of benzene rings is 1. The number of nitro groups is 1. The lowest BCUT2D eigenvalue weighted by Gasteiger charge is -2.22. The Kier molecular flexibility index (Phi) is 15.8. The first-order valence-electron chi connectivity index (χ1n) is 12.9. The minimum Gasteiger partial charge on any atom is -0.493 e. The maximum atomic E-state index is 13.3. The Hall–Kier alpha value is -5.26. The van der Waals surface area contributed by atoms with Crippen molar-refractivity contribution in [3.63, 3.8) is 0 Å². The summed E-state index contributed by atoms with van der Waals surface area (Å²) in [6.07, 6.45) is 2.53. The van der Waals surface area contributed by atoms with Crippen LogP contribution >= 0.6 is 0 Å². The fraction of sp³-hybridized carbons (Fsp3) is 0.440. The summed E-state index contributed by atoms with van der Waals surface area (Å²) < 4.78 is 5.37. The van der Waals surface area contributed by atoms with E-state index in [4.69, 9.17) is 15.6 Å². The van der Waals surface area contributed by atoms with Crippen molar-refractivity contribution < 1.29 is 43.5 Å².